The second-order valence-electron chi connectivity index (χ2n) is 4.15. The Balaban J connectivity index is 2.61. The third-order valence-corrected chi connectivity index (χ3v) is 2.71. The molecule has 1 unspecified atom stereocenters. The van der Waals surface area contributed by atoms with Gasteiger partial charge in [0.25, 0.3) is 0 Å². The van der Waals surface area contributed by atoms with Crippen molar-refractivity contribution in [2.24, 2.45) is 0 Å². The number of aliphatic hydroxyl groups excluding tert-OH is 1. The number of hydrogen-bond donors (Lipinski definition) is 5. The van der Waals surface area contributed by atoms with E-state index in [0.29, 0.717) is 24.2 Å². The maximum Gasteiger partial charge on any atom is 0.325 e. The van der Waals surface area contributed by atoms with Crippen molar-refractivity contribution in [1.29, 1.82) is 0 Å². The summed E-state index contributed by atoms with van der Waals surface area (Å²) in [5.41, 5.74) is 1.05. The van der Waals surface area contributed by atoms with Crippen LogP contribution in [0.2, 0.25) is 0 Å². The third-order valence-electron chi connectivity index (χ3n) is 2.71. The number of rotatable bonds is 9. The normalized spacial score (nSPS) is 12.1. The van der Waals surface area contributed by atoms with Crippen molar-refractivity contribution in [3.05, 3.63) is 35.4 Å². The molecule has 7 heteroatoms. The van der Waals surface area contributed by atoms with Gasteiger partial charge in [-0.3, -0.25) is 14.9 Å². The molecule has 5 N–H and O–H groups in total. The molecule has 0 heterocycles. The maximum atomic E-state index is 11.3. The highest BCUT2D eigenvalue weighted by Gasteiger charge is 2.21. The van der Waals surface area contributed by atoms with Gasteiger partial charge in [0.2, 0.25) is 0 Å². The van der Waals surface area contributed by atoms with Gasteiger partial charge in [-0.2, -0.15) is 0 Å². The smallest absolute Gasteiger partial charge is 0.325 e. The molecule has 0 fully saturated rings. The first-order chi connectivity index (χ1) is 9.56. The lowest BCUT2D eigenvalue weighted by molar-refractivity contribution is -0.140. The van der Waals surface area contributed by atoms with Gasteiger partial charge < -0.3 is 20.6 Å². The minimum Gasteiger partial charge on any atom is -0.480 e. The molecular formula is C13H18N2O5. The largest absolute Gasteiger partial charge is 0.480 e. The van der Waals surface area contributed by atoms with Crippen molar-refractivity contribution in [3.8, 4) is 0 Å². The van der Waals surface area contributed by atoms with Gasteiger partial charge >= 0.3 is 11.9 Å². The molecule has 0 bridgehead atoms. The van der Waals surface area contributed by atoms with Crippen LogP contribution in [0, 0.1) is 0 Å². The Morgan fingerprint density at radius 3 is 2.45 bits per heavy atom. The average molecular weight is 282 g/mol. The fourth-order valence-electron chi connectivity index (χ4n) is 1.79. The molecular weight excluding hydrogens is 264 g/mol. The molecule has 0 spiro atoms. The first kappa shape index (κ1) is 16.1. The zero-order valence-corrected chi connectivity index (χ0v) is 10.9. The number of carboxylic acids is 2. The van der Waals surface area contributed by atoms with Crippen LogP contribution in [0.25, 0.3) is 0 Å². The molecule has 1 rings (SSSR count). The van der Waals surface area contributed by atoms with Crippen LogP contribution in [0.3, 0.4) is 0 Å². The summed E-state index contributed by atoms with van der Waals surface area (Å²) >= 11 is 0. The number of carboxylic acid groups (broad SMARTS) is 2. The van der Waals surface area contributed by atoms with Gasteiger partial charge in [-0.25, -0.2) is 0 Å². The Morgan fingerprint density at radius 2 is 1.85 bits per heavy atom. The molecule has 20 heavy (non-hydrogen) atoms. The lowest BCUT2D eigenvalue weighted by Gasteiger charge is -2.17. The Hall–Kier alpha value is -1.96. The highest BCUT2D eigenvalue weighted by molar-refractivity contribution is 5.76. The topological polar surface area (TPSA) is 119 Å². The van der Waals surface area contributed by atoms with Crippen molar-refractivity contribution in [2.75, 3.05) is 19.6 Å². The van der Waals surface area contributed by atoms with Crippen LogP contribution in [0.15, 0.2) is 24.3 Å². The molecule has 0 aliphatic carbocycles. The number of aliphatic carboxylic acids is 2. The fraction of sp³-hybridized carbons (Fsp3) is 0.385. The highest BCUT2D eigenvalue weighted by atomic mass is 16.4. The molecule has 0 aromatic heterocycles. The van der Waals surface area contributed by atoms with Crippen LogP contribution in [0.1, 0.15) is 17.2 Å². The summed E-state index contributed by atoms with van der Waals surface area (Å²) in [5.74, 6) is -2.02. The monoisotopic (exact) mass is 282 g/mol. The molecule has 0 amide bonds. The summed E-state index contributed by atoms with van der Waals surface area (Å²) < 4.78 is 0. The predicted octanol–water partition coefficient (Wildman–Crippen LogP) is -0.432. The van der Waals surface area contributed by atoms with E-state index in [0.717, 1.165) is 0 Å². The quantitative estimate of drug-likeness (QED) is 0.390. The Kier molecular flexibility index (Phi) is 6.65. The highest BCUT2D eigenvalue weighted by Crippen LogP contribution is 2.18. The van der Waals surface area contributed by atoms with E-state index in [1.807, 2.05) is 0 Å². The lowest BCUT2D eigenvalue weighted by atomic mass is 10.0. The van der Waals surface area contributed by atoms with Gasteiger partial charge in [0.1, 0.15) is 6.04 Å². The van der Waals surface area contributed by atoms with Crippen molar-refractivity contribution in [3.63, 3.8) is 0 Å². The Bertz CT molecular complexity index is 464. The fourth-order valence-corrected chi connectivity index (χ4v) is 1.79. The standard InChI is InChI=1S/C13H18N2O5/c16-8-9-3-1-2-4-10(9)12(13(19)20)15-6-5-14-7-11(17)18/h1-4,12,14-16H,5-8H2,(H,17,18)(H,19,20). The summed E-state index contributed by atoms with van der Waals surface area (Å²) in [5, 5.41) is 32.4. The molecule has 110 valence electrons. The third kappa shape index (κ3) is 4.96. The Morgan fingerprint density at radius 1 is 1.15 bits per heavy atom. The molecule has 0 saturated heterocycles. The van der Waals surface area contributed by atoms with E-state index >= 15 is 0 Å². The summed E-state index contributed by atoms with van der Waals surface area (Å²) in [4.78, 5) is 21.6. The van der Waals surface area contributed by atoms with Crippen LogP contribution >= 0.6 is 0 Å². The zero-order chi connectivity index (χ0) is 15.0. The minimum atomic E-state index is -1.05. The van der Waals surface area contributed by atoms with E-state index in [9.17, 15) is 19.8 Å². The summed E-state index contributed by atoms with van der Waals surface area (Å²) in [6.45, 7) is 0.215. The van der Waals surface area contributed by atoms with Gasteiger partial charge in [-0.15, -0.1) is 0 Å². The van der Waals surface area contributed by atoms with Crippen LogP contribution in [0.5, 0.6) is 0 Å². The Labute approximate surface area is 116 Å². The van der Waals surface area contributed by atoms with Gasteiger partial charge in [0, 0.05) is 13.1 Å². The minimum absolute atomic E-state index is 0.174. The SMILES string of the molecule is O=C(O)CNCCNC(C(=O)O)c1ccccc1CO. The van der Waals surface area contributed by atoms with Gasteiger partial charge in [0.15, 0.2) is 0 Å². The zero-order valence-electron chi connectivity index (χ0n) is 10.9. The second-order valence-corrected chi connectivity index (χ2v) is 4.15. The molecule has 1 aromatic carbocycles. The number of carbonyl (C=O) groups is 2. The van der Waals surface area contributed by atoms with E-state index in [-0.39, 0.29) is 13.2 Å². The number of hydrogen-bond acceptors (Lipinski definition) is 5. The van der Waals surface area contributed by atoms with Crippen LogP contribution < -0.4 is 10.6 Å². The summed E-state index contributed by atoms with van der Waals surface area (Å²) in [7, 11) is 0. The van der Waals surface area contributed by atoms with E-state index in [2.05, 4.69) is 10.6 Å². The van der Waals surface area contributed by atoms with Crippen LogP contribution in [0.4, 0.5) is 0 Å². The van der Waals surface area contributed by atoms with Crippen molar-refractivity contribution in [1.82, 2.24) is 10.6 Å². The molecule has 7 nitrogen and oxygen atoms in total. The first-order valence-corrected chi connectivity index (χ1v) is 6.13. The van der Waals surface area contributed by atoms with E-state index in [1.165, 1.54) is 0 Å². The second kappa shape index (κ2) is 8.26. The molecule has 0 aliphatic heterocycles. The average Bonchev–Trinajstić information content (AvgIpc) is 2.42. The van der Waals surface area contributed by atoms with Gasteiger partial charge in [-0.1, -0.05) is 24.3 Å². The van der Waals surface area contributed by atoms with Crippen molar-refractivity contribution in [2.45, 2.75) is 12.6 Å². The first-order valence-electron chi connectivity index (χ1n) is 6.13. The molecule has 0 saturated carbocycles. The molecule has 1 aromatic rings. The lowest BCUT2D eigenvalue weighted by Crippen LogP contribution is -2.36. The number of aliphatic hydroxyl groups is 1. The number of nitrogens with one attached hydrogen (secondary N) is 2. The van der Waals surface area contributed by atoms with E-state index in [1.54, 1.807) is 24.3 Å². The van der Waals surface area contributed by atoms with Crippen LogP contribution in [-0.2, 0) is 16.2 Å². The van der Waals surface area contributed by atoms with Crippen molar-refractivity contribution < 1.29 is 24.9 Å². The van der Waals surface area contributed by atoms with Gasteiger partial charge in [0.05, 0.1) is 13.2 Å². The predicted molar refractivity (Wildman–Crippen MR) is 71.2 cm³/mol. The maximum absolute atomic E-state index is 11.3. The molecule has 1 atom stereocenters. The summed E-state index contributed by atoms with van der Waals surface area (Å²) in [6, 6.07) is 5.79. The van der Waals surface area contributed by atoms with Crippen molar-refractivity contribution >= 4 is 11.9 Å². The number of benzene rings is 1. The van der Waals surface area contributed by atoms with Crippen LogP contribution in [-0.4, -0.2) is 46.9 Å². The molecule has 0 aliphatic rings. The summed E-state index contributed by atoms with van der Waals surface area (Å²) in [6.07, 6.45) is 0. The van der Waals surface area contributed by atoms with E-state index < -0.39 is 18.0 Å². The van der Waals surface area contributed by atoms with Gasteiger partial charge in [-0.05, 0) is 11.1 Å². The van der Waals surface area contributed by atoms with E-state index in [4.69, 9.17) is 5.11 Å². The molecule has 0 radical (unpaired) electrons.